The summed E-state index contributed by atoms with van der Waals surface area (Å²) in [4.78, 5) is 21.7. The lowest BCUT2D eigenvalue weighted by atomic mass is 9.80. The Labute approximate surface area is 585 Å². The molecule has 9 aromatic rings. The lowest BCUT2D eigenvalue weighted by molar-refractivity contribution is -0.141. The molecule has 0 fully saturated rings. The minimum Gasteiger partial charge on any atom is -1.00 e. The van der Waals surface area contributed by atoms with Gasteiger partial charge in [0.1, 0.15) is 63.7 Å². The van der Waals surface area contributed by atoms with Crippen molar-refractivity contribution in [3.63, 3.8) is 0 Å². The zero-order valence-electron chi connectivity index (χ0n) is 55.4. The third-order valence-corrected chi connectivity index (χ3v) is 21.0. The van der Waals surface area contributed by atoms with Crippen LogP contribution in [-0.2, 0) is 35.0 Å². The highest BCUT2D eigenvalue weighted by molar-refractivity contribution is 7.95. The van der Waals surface area contributed by atoms with E-state index in [9.17, 15) is 9.59 Å². The molecule has 0 radical (unpaired) electrons. The minimum atomic E-state index is -1.76. The van der Waals surface area contributed by atoms with Crippen molar-refractivity contribution in [1.29, 1.82) is 0 Å². The van der Waals surface area contributed by atoms with E-state index in [1.165, 1.54) is 22.8 Å². The van der Waals surface area contributed by atoms with Gasteiger partial charge < -0.3 is 60.0 Å². The molecule has 9 aromatic carbocycles. The van der Waals surface area contributed by atoms with Gasteiger partial charge in [-0.25, -0.2) is 0 Å². The predicted octanol–water partition coefficient (Wildman–Crippen LogP) is 15.3. The number of allylic oxidation sites excluding steroid dienone is 2. The van der Waals surface area contributed by atoms with E-state index in [0.29, 0.717) is 26.2 Å². The van der Waals surface area contributed by atoms with Gasteiger partial charge in [0.2, 0.25) is 0 Å². The van der Waals surface area contributed by atoms with Crippen LogP contribution < -0.4 is 51.8 Å². The Bertz CT molecular complexity index is 3310. The van der Waals surface area contributed by atoms with Crippen LogP contribution in [-0.4, -0.2) is 78.4 Å². The average molecular weight is 1380 g/mol. The molecular formula is C84H102BrO10P. The quantitative estimate of drug-likeness (QED) is 0.0103. The normalized spacial score (nSPS) is 11.0. The van der Waals surface area contributed by atoms with Gasteiger partial charge in [0.15, 0.2) is 0 Å². The second-order valence-corrected chi connectivity index (χ2v) is 26.1. The number of aldehydes is 1. The minimum absolute atomic E-state index is 0. The number of carbonyl (C=O) groups excluding carboxylic acids is 2. The standard InChI is InChI=1S/C31H38O4.C27H30O4.C24H26O2P.2CH4.BrH/c1-33-29-20-16-27(17-21-29)31(26-14-10-9-11-15-26,28-18-22-30(34-2)23-19-28)35-25-13-8-6-4-3-5-7-12-24-32;1-29-25-16-12-23(13-17-25)27(22-10-6-5-7-11-22,31-21-9-4-3-8-20-28)24-14-18-26(30-2)19-15-24;1-21(25)26-19-11-12-20-27(22-13-5-2-6-14-22,23-15-7-3-8-16-23)24-17-9-4-10-18-24;;;/h3,5,9-11,14-23,32H,4,6-8,12-13,24-25H2,1-2H3;5-7,10-20H,3-4,8-9,21H2,1-2H3;2-10,13-18H,11-12,19-20H2,1H3;2*1H4;1H/q;;+1;;;/p-1/b5-3+;;;;;. The summed E-state index contributed by atoms with van der Waals surface area (Å²) in [6.45, 7) is 3.43. The van der Waals surface area contributed by atoms with Crippen LogP contribution in [0.4, 0.5) is 0 Å². The molecule has 0 unspecified atom stereocenters. The van der Waals surface area contributed by atoms with Gasteiger partial charge in [-0.05, 0) is 176 Å². The molecule has 0 aliphatic heterocycles. The van der Waals surface area contributed by atoms with E-state index in [2.05, 4.69) is 188 Å². The van der Waals surface area contributed by atoms with E-state index in [1.54, 1.807) is 28.4 Å². The zero-order valence-corrected chi connectivity index (χ0v) is 57.9. The van der Waals surface area contributed by atoms with Gasteiger partial charge in [0, 0.05) is 33.2 Å². The molecule has 9 rings (SSSR count). The van der Waals surface area contributed by atoms with Gasteiger partial charge in [-0.3, -0.25) is 4.79 Å². The van der Waals surface area contributed by atoms with Crippen LogP contribution in [0.2, 0.25) is 0 Å². The molecule has 96 heavy (non-hydrogen) atoms. The van der Waals surface area contributed by atoms with Gasteiger partial charge in [0.25, 0.3) is 0 Å². The molecule has 0 heterocycles. The van der Waals surface area contributed by atoms with Crippen LogP contribution in [0.3, 0.4) is 0 Å². The second kappa shape index (κ2) is 44.6. The summed E-state index contributed by atoms with van der Waals surface area (Å²) in [6, 6.07) is 85.7. The number of methoxy groups -OCH3 is 4. The second-order valence-electron chi connectivity index (χ2n) is 22.5. The Morgan fingerprint density at radius 1 is 0.375 bits per heavy atom. The SMILES string of the molecule is C.C.CC(=O)OCCCC[P+](c1ccccc1)(c1ccccc1)c1ccccc1.COc1ccc(C(OCCCCC/C=C/CCCO)(c2ccccc2)c2ccc(OC)cc2)cc1.COc1ccc(C(OCCCCCC=O)(c2ccccc2)c2ccc(OC)cc2)cc1.[Br-]. The lowest BCUT2D eigenvalue weighted by Gasteiger charge is -2.36. The molecule has 0 aliphatic carbocycles. The van der Waals surface area contributed by atoms with Crippen molar-refractivity contribution < 1.29 is 64.8 Å². The van der Waals surface area contributed by atoms with Crippen molar-refractivity contribution in [3.8, 4) is 23.0 Å². The third kappa shape index (κ3) is 22.7. The number of halogens is 1. The molecule has 0 amide bonds. The average Bonchev–Trinajstić information content (AvgIpc) is 0.770. The number of benzene rings is 9. The highest BCUT2D eigenvalue weighted by Crippen LogP contribution is 2.56. The summed E-state index contributed by atoms with van der Waals surface area (Å²) in [7, 11) is 4.94. The number of aliphatic hydroxyl groups excluding tert-OH is 1. The van der Waals surface area contributed by atoms with Crippen LogP contribution in [0.15, 0.2) is 261 Å². The van der Waals surface area contributed by atoms with Crippen LogP contribution in [0.1, 0.15) is 132 Å². The fourth-order valence-corrected chi connectivity index (χ4v) is 16.1. The summed E-state index contributed by atoms with van der Waals surface area (Å²) in [5.74, 6) is 3.03. The molecule has 0 bridgehead atoms. The molecular weight excluding hydrogens is 1280 g/mol. The molecule has 12 heteroatoms. The highest BCUT2D eigenvalue weighted by atomic mass is 79.9. The Kier molecular flexibility index (Phi) is 37.3. The number of rotatable bonds is 35. The van der Waals surface area contributed by atoms with E-state index < -0.39 is 18.5 Å². The number of hydrogen-bond acceptors (Lipinski definition) is 10. The number of carbonyl (C=O) groups is 2. The largest absolute Gasteiger partial charge is 1.00 e. The van der Waals surface area contributed by atoms with Gasteiger partial charge in [0.05, 0.1) is 41.2 Å². The monoisotopic (exact) mass is 1380 g/mol. The van der Waals surface area contributed by atoms with E-state index in [4.69, 9.17) is 38.3 Å². The number of esters is 1. The Morgan fingerprint density at radius 2 is 0.667 bits per heavy atom. The van der Waals surface area contributed by atoms with E-state index >= 15 is 0 Å². The van der Waals surface area contributed by atoms with Crippen molar-refractivity contribution in [1.82, 2.24) is 0 Å². The first-order valence-corrected chi connectivity index (χ1v) is 34.5. The van der Waals surface area contributed by atoms with E-state index in [-0.39, 0.29) is 44.4 Å². The van der Waals surface area contributed by atoms with Crippen LogP contribution in [0.25, 0.3) is 0 Å². The topological polar surface area (TPSA) is 119 Å². The maximum absolute atomic E-state index is 11.1. The predicted molar refractivity (Wildman–Crippen MR) is 394 cm³/mol. The Balaban J connectivity index is 0.000000304. The molecule has 10 nitrogen and oxygen atoms in total. The number of ether oxygens (including phenoxy) is 7. The highest BCUT2D eigenvalue weighted by Gasteiger charge is 2.45. The number of hydrogen-bond donors (Lipinski definition) is 1. The van der Waals surface area contributed by atoms with Crippen molar-refractivity contribution in [3.05, 3.63) is 294 Å². The lowest BCUT2D eigenvalue weighted by Crippen LogP contribution is -3.00. The van der Waals surface area contributed by atoms with Crippen LogP contribution >= 0.6 is 7.26 Å². The van der Waals surface area contributed by atoms with E-state index in [0.717, 1.165) is 139 Å². The molecule has 0 spiro atoms. The van der Waals surface area contributed by atoms with Crippen LogP contribution in [0.5, 0.6) is 23.0 Å². The first-order chi connectivity index (χ1) is 45.7. The molecule has 0 aliphatic rings. The summed E-state index contributed by atoms with van der Waals surface area (Å²) >= 11 is 0. The fourth-order valence-electron chi connectivity index (χ4n) is 11.6. The van der Waals surface area contributed by atoms with Crippen molar-refractivity contribution in [2.45, 2.75) is 110 Å². The van der Waals surface area contributed by atoms with Crippen molar-refractivity contribution in [2.75, 3.05) is 61.0 Å². The third-order valence-electron chi connectivity index (χ3n) is 16.4. The molecule has 1 N–H and O–H groups in total. The van der Waals surface area contributed by atoms with Crippen LogP contribution in [0, 0.1) is 0 Å². The Hall–Kier alpha value is -8.15. The smallest absolute Gasteiger partial charge is 0.302 e. The van der Waals surface area contributed by atoms with E-state index in [1.807, 2.05) is 72.8 Å². The summed E-state index contributed by atoms with van der Waals surface area (Å²) in [6.07, 6.45) is 17.7. The molecule has 0 saturated heterocycles. The summed E-state index contributed by atoms with van der Waals surface area (Å²) < 4.78 is 40.3. The molecule has 0 atom stereocenters. The van der Waals surface area contributed by atoms with Gasteiger partial charge in [-0.2, -0.15) is 0 Å². The molecule has 0 saturated carbocycles. The summed E-state index contributed by atoms with van der Waals surface area (Å²) in [5, 5.41) is 13.1. The fraction of sp³-hybridized carbons (Fsp3) is 0.310. The Morgan fingerprint density at radius 3 is 0.969 bits per heavy atom. The maximum atomic E-state index is 11.1. The first kappa shape index (κ1) is 80.3. The van der Waals surface area contributed by atoms with Crippen molar-refractivity contribution >= 4 is 35.4 Å². The number of unbranched alkanes of at least 4 members (excludes halogenated alkanes) is 8. The number of aliphatic hydroxyl groups is 1. The maximum Gasteiger partial charge on any atom is 0.302 e. The van der Waals surface area contributed by atoms with Gasteiger partial charge in [-0.15, -0.1) is 0 Å². The molecule has 0 aromatic heterocycles. The molecule has 510 valence electrons. The first-order valence-electron chi connectivity index (χ1n) is 32.6. The van der Waals surface area contributed by atoms with Gasteiger partial charge >= 0.3 is 5.97 Å². The van der Waals surface area contributed by atoms with Gasteiger partial charge in [-0.1, -0.05) is 204 Å². The van der Waals surface area contributed by atoms with Crippen molar-refractivity contribution in [2.24, 2.45) is 0 Å². The zero-order chi connectivity index (χ0) is 65.7. The summed E-state index contributed by atoms with van der Waals surface area (Å²) in [5.41, 5.74) is 4.78.